The molecule has 0 spiro atoms. The Balaban J connectivity index is 1.87. The van der Waals surface area contributed by atoms with Gasteiger partial charge in [0.25, 0.3) is 0 Å². The van der Waals surface area contributed by atoms with Crippen molar-refractivity contribution < 1.29 is 19.2 Å². The van der Waals surface area contributed by atoms with Crippen LogP contribution in [-0.2, 0) is 14.4 Å². The van der Waals surface area contributed by atoms with Crippen molar-refractivity contribution in [1.29, 1.82) is 0 Å². The molecule has 0 fully saturated rings. The van der Waals surface area contributed by atoms with E-state index in [2.05, 4.69) is 21.1 Å². The van der Waals surface area contributed by atoms with E-state index in [1.807, 2.05) is 0 Å². The van der Waals surface area contributed by atoms with E-state index in [1.54, 1.807) is 24.3 Å². The van der Waals surface area contributed by atoms with Crippen LogP contribution in [0.2, 0.25) is 0 Å². The molecule has 0 bridgehead atoms. The molecule has 23 heavy (non-hydrogen) atoms. The minimum absolute atomic E-state index is 0.0110. The van der Waals surface area contributed by atoms with Gasteiger partial charge in [-0.3, -0.25) is 19.2 Å². The summed E-state index contributed by atoms with van der Waals surface area (Å²) in [5.41, 5.74) is 5.69. The molecule has 0 aliphatic carbocycles. The van der Waals surface area contributed by atoms with Crippen molar-refractivity contribution in [2.45, 2.75) is 19.8 Å². The van der Waals surface area contributed by atoms with Gasteiger partial charge in [0, 0.05) is 5.56 Å². The molecule has 1 aromatic rings. The Kier molecular flexibility index (Phi) is 5.08. The highest BCUT2D eigenvalue weighted by atomic mass is 16.2. The van der Waals surface area contributed by atoms with Crippen molar-refractivity contribution >= 4 is 35.3 Å². The van der Waals surface area contributed by atoms with Crippen molar-refractivity contribution in [3.8, 4) is 0 Å². The summed E-state index contributed by atoms with van der Waals surface area (Å²) < 4.78 is 0. The summed E-state index contributed by atoms with van der Waals surface area (Å²) in [6, 6.07) is 6.70. The molecular formula is C15H14N4O4. The van der Waals surface area contributed by atoms with Crippen LogP contribution >= 0.6 is 0 Å². The van der Waals surface area contributed by atoms with Crippen LogP contribution in [0.25, 0.3) is 0 Å². The highest BCUT2D eigenvalue weighted by molar-refractivity contribution is 6.46. The van der Waals surface area contributed by atoms with Gasteiger partial charge in [0.2, 0.25) is 11.8 Å². The van der Waals surface area contributed by atoms with Gasteiger partial charge in [-0.15, -0.1) is 0 Å². The van der Waals surface area contributed by atoms with Crippen LogP contribution in [0.15, 0.2) is 34.5 Å². The second-order valence-electron chi connectivity index (χ2n) is 4.84. The van der Waals surface area contributed by atoms with Crippen LogP contribution in [0, 0.1) is 0 Å². The summed E-state index contributed by atoms with van der Waals surface area (Å²) in [6.07, 6.45) is 0.839. The van der Waals surface area contributed by atoms with Gasteiger partial charge in [-0.2, -0.15) is 10.2 Å². The zero-order chi connectivity index (χ0) is 16.8. The monoisotopic (exact) mass is 314 g/mol. The Bertz CT molecular complexity index is 719. The molecule has 1 aliphatic heterocycles. The molecular weight excluding hydrogens is 300 g/mol. The van der Waals surface area contributed by atoms with Gasteiger partial charge in [-0.25, -0.2) is 10.9 Å². The Labute approximate surface area is 131 Å². The minimum Gasteiger partial charge on any atom is -0.295 e. The maximum Gasteiger partial charge on any atom is 0.247 e. The highest BCUT2D eigenvalue weighted by Gasteiger charge is 2.22. The summed E-state index contributed by atoms with van der Waals surface area (Å²) in [5.74, 6) is -1.53. The number of Topliss-reactive ketones (excluding diaryl/α,β-unsaturated/α-hetero) is 2. The van der Waals surface area contributed by atoms with E-state index in [1.165, 1.54) is 13.1 Å². The average molecular weight is 314 g/mol. The lowest BCUT2D eigenvalue weighted by Gasteiger charge is -2.09. The number of ketones is 2. The first-order valence-corrected chi connectivity index (χ1v) is 6.77. The predicted molar refractivity (Wildman–Crippen MR) is 82.0 cm³/mol. The first-order chi connectivity index (χ1) is 11.0. The molecule has 1 aliphatic rings. The Morgan fingerprint density at radius 2 is 2.00 bits per heavy atom. The van der Waals surface area contributed by atoms with E-state index in [-0.39, 0.29) is 24.3 Å². The van der Waals surface area contributed by atoms with Gasteiger partial charge in [0.05, 0.1) is 19.1 Å². The number of hydrogen-bond donors (Lipinski definition) is 2. The topological polar surface area (TPSA) is 117 Å². The summed E-state index contributed by atoms with van der Waals surface area (Å²) in [7, 11) is 0. The van der Waals surface area contributed by atoms with Crippen molar-refractivity contribution in [3.05, 3.63) is 35.4 Å². The van der Waals surface area contributed by atoms with E-state index in [4.69, 9.17) is 0 Å². The van der Waals surface area contributed by atoms with Gasteiger partial charge >= 0.3 is 0 Å². The lowest BCUT2D eigenvalue weighted by Crippen LogP contribution is -2.35. The molecule has 2 amide bonds. The standard InChI is InChI=1S/C15H14N4O4/c1-9(20)11-4-2-10(3-5-11)8-16-18-14(22)6-12-13(21)7-15(23)19-17-12/h2-5,8H,6-7H2,1H3,(H,18,22)(H,19,23)/b16-8-. The number of nitrogens with one attached hydrogen (secondary N) is 2. The minimum atomic E-state index is -0.523. The molecule has 2 rings (SSSR count). The zero-order valence-electron chi connectivity index (χ0n) is 12.3. The van der Waals surface area contributed by atoms with E-state index >= 15 is 0 Å². The maximum atomic E-state index is 11.7. The van der Waals surface area contributed by atoms with E-state index in [0.29, 0.717) is 11.1 Å². The SMILES string of the molecule is CC(=O)c1ccc(/C=N\NC(=O)CC2=NNC(=O)CC2=O)cc1. The van der Waals surface area contributed by atoms with Gasteiger partial charge in [-0.05, 0) is 12.5 Å². The molecule has 0 unspecified atom stereocenters. The van der Waals surface area contributed by atoms with Crippen molar-refractivity contribution in [1.82, 2.24) is 10.9 Å². The second-order valence-corrected chi connectivity index (χ2v) is 4.84. The fourth-order valence-electron chi connectivity index (χ4n) is 1.79. The number of rotatable bonds is 5. The van der Waals surface area contributed by atoms with Gasteiger partial charge in [-0.1, -0.05) is 24.3 Å². The maximum absolute atomic E-state index is 11.7. The van der Waals surface area contributed by atoms with Crippen molar-refractivity contribution in [2.75, 3.05) is 0 Å². The number of carbonyl (C=O) groups excluding carboxylic acids is 4. The molecule has 0 radical (unpaired) electrons. The largest absolute Gasteiger partial charge is 0.295 e. The van der Waals surface area contributed by atoms with Crippen LogP contribution < -0.4 is 10.9 Å². The number of hydrogen-bond acceptors (Lipinski definition) is 6. The van der Waals surface area contributed by atoms with Crippen LogP contribution in [0.5, 0.6) is 0 Å². The third-order valence-electron chi connectivity index (χ3n) is 3.01. The van der Waals surface area contributed by atoms with Crippen LogP contribution in [0.4, 0.5) is 0 Å². The molecule has 2 N–H and O–H groups in total. The summed E-state index contributed by atoms with van der Waals surface area (Å²) >= 11 is 0. The summed E-state index contributed by atoms with van der Waals surface area (Å²) in [6.45, 7) is 1.47. The quantitative estimate of drug-likeness (QED) is 0.349. The molecule has 8 heteroatoms. The Morgan fingerprint density at radius 3 is 2.61 bits per heavy atom. The zero-order valence-corrected chi connectivity index (χ0v) is 12.3. The molecule has 8 nitrogen and oxygen atoms in total. The van der Waals surface area contributed by atoms with E-state index in [9.17, 15) is 19.2 Å². The molecule has 0 saturated carbocycles. The summed E-state index contributed by atoms with van der Waals surface area (Å²) in [5, 5.41) is 7.31. The number of carbonyl (C=O) groups is 4. The van der Waals surface area contributed by atoms with Crippen LogP contribution in [0.3, 0.4) is 0 Å². The first kappa shape index (κ1) is 16.2. The van der Waals surface area contributed by atoms with Crippen molar-refractivity contribution in [3.63, 3.8) is 0 Å². The summed E-state index contributed by atoms with van der Waals surface area (Å²) in [4.78, 5) is 45.2. The lowest BCUT2D eigenvalue weighted by atomic mass is 10.1. The Morgan fingerprint density at radius 1 is 1.30 bits per heavy atom. The fourth-order valence-corrected chi connectivity index (χ4v) is 1.79. The molecule has 1 heterocycles. The van der Waals surface area contributed by atoms with E-state index in [0.717, 1.165) is 0 Å². The van der Waals surface area contributed by atoms with Gasteiger partial charge in [0.1, 0.15) is 5.71 Å². The number of hydrazone groups is 2. The van der Waals surface area contributed by atoms with Gasteiger partial charge in [0.15, 0.2) is 11.6 Å². The second kappa shape index (κ2) is 7.21. The first-order valence-electron chi connectivity index (χ1n) is 6.77. The van der Waals surface area contributed by atoms with Crippen LogP contribution in [0.1, 0.15) is 35.7 Å². The van der Waals surface area contributed by atoms with Crippen molar-refractivity contribution in [2.24, 2.45) is 10.2 Å². The molecule has 0 saturated heterocycles. The number of benzene rings is 1. The molecule has 0 atom stereocenters. The third-order valence-corrected chi connectivity index (χ3v) is 3.01. The normalized spacial score (nSPS) is 14.4. The number of nitrogens with zero attached hydrogens (tertiary/aromatic N) is 2. The molecule has 118 valence electrons. The van der Waals surface area contributed by atoms with Gasteiger partial charge < -0.3 is 0 Å². The lowest BCUT2D eigenvalue weighted by molar-refractivity contribution is -0.127. The average Bonchev–Trinajstić information content (AvgIpc) is 2.50. The third kappa shape index (κ3) is 4.67. The van der Waals surface area contributed by atoms with Crippen LogP contribution in [-0.4, -0.2) is 35.3 Å². The van der Waals surface area contributed by atoms with E-state index < -0.39 is 17.6 Å². The Hall–Kier alpha value is -3.16. The molecule has 1 aromatic carbocycles. The number of amides is 2. The molecule has 0 aromatic heterocycles. The highest BCUT2D eigenvalue weighted by Crippen LogP contribution is 2.03. The smallest absolute Gasteiger partial charge is 0.247 e. The predicted octanol–water partition coefficient (Wildman–Crippen LogP) is 0.174. The fraction of sp³-hybridized carbons (Fsp3) is 0.200.